The van der Waals surface area contributed by atoms with E-state index in [2.05, 4.69) is 4.90 Å². The Bertz CT molecular complexity index is 772. The molecule has 0 saturated carbocycles. The molecule has 1 fully saturated rings. The molecule has 1 saturated heterocycles. The molecule has 0 radical (unpaired) electrons. The monoisotopic (exact) mass is 374 g/mol. The Balaban J connectivity index is 1.61. The Hall–Kier alpha value is -2.31. The Morgan fingerprint density at radius 3 is 2.41 bits per heavy atom. The first-order valence-corrected chi connectivity index (χ1v) is 9.24. The van der Waals surface area contributed by atoms with Crippen molar-refractivity contribution >= 4 is 5.91 Å². The SMILES string of the molecule is CCOCCN1CCN(C(=O)c2ccc(-c3cccc(F)c3F)cc2)CC1. The minimum atomic E-state index is -0.880. The fourth-order valence-corrected chi connectivity index (χ4v) is 3.21. The highest BCUT2D eigenvalue weighted by Crippen LogP contribution is 2.25. The number of benzene rings is 2. The van der Waals surface area contributed by atoms with Crippen LogP contribution in [0.4, 0.5) is 8.78 Å². The lowest BCUT2D eigenvalue weighted by molar-refractivity contribution is 0.0565. The molecule has 0 bridgehead atoms. The molecule has 0 N–H and O–H groups in total. The number of piperazine rings is 1. The number of hydrogen-bond acceptors (Lipinski definition) is 3. The molecule has 2 aromatic rings. The van der Waals surface area contributed by atoms with E-state index in [1.807, 2.05) is 11.8 Å². The fraction of sp³-hybridized carbons (Fsp3) is 0.381. The van der Waals surface area contributed by atoms with E-state index in [4.69, 9.17) is 4.74 Å². The summed E-state index contributed by atoms with van der Waals surface area (Å²) in [5.41, 5.74) is 1.29. The topological polar surface area (TPSA) is 32.8 Å². The van der Waals surface area contributed by atoms with E-state index in [0.717, 1.165) is 25.7 Å². The van der Waals surface area contributed by atoms with Gasteiger partial charge in [0.2, 0.25) is 0 Å². The van der Waals surface area contributed by atoms with E-state index in [0.29, 0.717) is 37.4 Å². The van der Waals surface area contributed by atoms with E-state index < -0.39 is 11.6 Å². The molecule has 0 unspecified atom stereocenters. The van der Waals surface area contributed by atoms with Gasteiger partial charge >= 0.3 is 0 Å². The van der Waals surface area contributed by atoms with Crippen molar-refractivity contribution in [3.05, 3.63) is 59.7 Å². The molecule has 2 aromatic carbocycles. The normalized spacial score (nSPS) is 15.1. The zero-order chi connectivity index (χ0) is 19.2. The van der Waals surface area contributed by atoms with E-state index in [1.54, 1.807) is 24.3 Å². The van der Waals surface area contributed by atoms with Crippen LogP contribution in [-0.2, 0) is 4.74 Å². The number of carbonyl (C=O) groups is 1. The minimum absolute atomic E-state index is 0.0364. The van der Waals surface area contributed by atoms with Crippen LogP contribution < -0.4 is 0 Å². The summed E-state index contributed by atoms with van der Waals surface area (Å²) in [6.07, 6.45) is 0. The summed E-state index contributed by atoms with van der Waals surface area (Å²) in [6, 6.07) is 10.7. The molecule has 3 rings (SSSR count). The van der Waals surface area contributed by atoms with E-state index in [1.165, 1.54) is 12.1 Å². The molecule has 27 heavy (non-hydrogen) atoms. The summed E-state index contributed by atoms with van der Waals surface area (Å²) >= 11 is 0. The van der Waals surface area contributed by atoms with Crippen LogP contribution >= 0.6 is 0 Å². The summed E-state index contributed by atoms with van der Waals surface area (Å²) in [5.74, 6) is -1.79. The van der Waals surface area contributed by atoms with Gasteiger partial charge in [-0.3, -0.25) is 9.69 Å². The smallest absolute Gasteiger partial charge is 0.253 e. The van der Waals surface area contributed by atoms with Gasteiger partial charge in [-0.05, 0) is 30.7 Å². The van der Waals surface area contributed by atoms with Gasteiger partial charge in [-0.1, -0.05) is 24.3 Å². The summed E-state index contributed by atoms with van der Waals surface area (Å²) in [4.78, 5) is 16.8. The zero-order valence-electron chi connectivity index (χ0n) is 15.5. The average Bonchev–Trinajstić information content (AvgIpc) is 2.70. The lowest BCUT2D eigenvalue weighted by Crippen LogP contribution is -2.49. The van der Waals surface area contributed by atoms with Crippen LogP contribution in [0.1, 0.15) is 17.3 Å². The van der Waals surface area contributed by atoms with Crippen LogP contribution in [0.25, 0.3) is 11.1 Å². The second-order valence-electron chi connectivity index (χ2n) is 6.51. The van der Waals surface area contributed by atoms with Crippen LogP contribution in [-0.4, -0.2) is 61.6 Å². The molecule has 0 spiro atoms. The van der Waals surface area contributed by atoms with Crippen LogP contribution in [0.2, 0.25) is 0 Å². The standard InChI is InChI=1S/C21H24F2N2O2/c1-2-27-15-14-24-10-12-25(13-11-24)21(26)17-8-6-16(7-9-17)18-4-3-5-19(22)20(18)23/h3-9H,2,10-15H2,1H3. The third-order valence-electron chi connectivity index (χ3n) is 4.81. The maximum atomic E-state index is 13.9. The Labute approximate surface area is 158 Å². The van der Waals surface area contributed by atoms with Crippen LogP contribution in [0.3, 0.4) is 0 Å². The number of rotatable bonds is 6. The number of carbonyl (C=O) groups excluding carboxylic acids is 1. The van der Waals surface area contributed by atoms with Gasteiger partial charge in [-0.2, -0.15) is 0 Å². The van der Waals surface area contributed by atoms with Gasteiger partial charge in [0.05, 0.1) is 6.61 Å². The van der Waals surface area contributed by atoms with Crippen molar-refractivity contribution in [2.24, 2.45) is 0 Å². The third-order valence-corrected chi connectivity index (χ3v) is 4.81. The Morgan fingerprint density at radius 1 is 1.04 bits per heavy atom. The molecule has 1 aliphatic rings. The van der Waals surface area contributed by atoms with Crippen LogP contribution in [0.15, 0.2) is 42.5 Å². The largest absolute Gasteiger partial charge is 0.380 e. The number of hydrogen-bond donors (Lipinski definition) is 0. The zero-order valence-corrected chi connectivity index (χ0v) is 15.5. The van der Waals surface area contributed by atoms with Crippen molar-refractivity contribution in [1.82, 2.24) is 9.80 Å². The predicted molar refractivity (Wildman–Crippen MR) is 101 cm³/mol. The van der Waals surface area contributed by atoms with Gasteiger partial charge in [-0.25, -0.2) is 8.78 Å². The van der Waals surface area contributed by atoms with Gasteiger partial charge in [0, 0.05) is 50.5 Å². The molecule has 4 nitrogen and oxygen atoms in total. The highest BCUT2D eigenvalue weighted by Gasteiger charge is 2.22. The molecule has 1 heterocycles. The van der Waals surface area contributed by atoms with Crippen molar-refractivity contribution in [3.8, 4) is 11.1 Å². The quantitative estimate of drug-likeness (QED) is 0.727. The number of amides is 1. The Morgan fingerprint density at radius 2 is 1.74 bits per heavy atom. The second-order valence-corrected chi connectivity index (χ2v) is 6.51. The van der Waals surface area contributed by atoms with Gasteiger partial charge in [0.1, 0.15) is 0 Å². The predicted octanol–water partition coefficient (Wildman–Crippen LogP) is 3.43. The lowest BCUT2D eigenvalue weighted by Gasteiger charge is -2.34. The number of nitrogens with zero attached hydrogens (tertiary/aromatic N) is 2. The molecule has 0 aromatic heterocycles. The molecular weight excluding hydrogens is 350 g/mol. The molecule has 1 aliphatic heterocycles. The fourth-order valence-electron chi connectivity index (χ4n) is 3.21. The van der Waals surface area contributed by atoms with E-state index in [9.17, 15) is 13.6 Å². The van der Waals surface area contributed by atoms with Gasteiger partial charge in [0.15, 0.2) is 11.6 Å². The van der Waals surface area contributed by atoms with Gasteiger partial charge in [0.25, 0.3) is 5.91 Å². The first-order valence-electron chi connectivity index (χ1n) is 9.24. The third kappa shape index (κ3) is 4.70. The number of halogens is 2. The summed E-state index contributed by atoms with van der Waals surface area (Å²) in [7, 11) is 0. The van der Waals surface area contributed by atoms with E-state index >= 15 is 0 Å². The molecule has 0 aliphatic carbocycles. The minimum Gasteiger partial charge on any atom is -0.380 e. The Kier molecular flexibility index (Phi) is 6.53. The van der Waals surface area contributed by atoms with Crippen molar-refractivity contribution < 1.29 is 18.3 Å². The summed E-state index contributed by atoms with van der Waals surface area (Å²) in [6.45, 7) is 7.28. The lowest BCUT2D eigenvalue weighted by atomic mass is 10.0. The maximum absolute atomic E-state index is 13.9. The molecule has 144 valence electrons. The van der Waals surface area contributed by atoms with Crippen LogP contribution in [0, 0.1) is 11.6 Å². The molecule has 6 heteroatoms. The first-order chi connectivity index (χ1) is 13.1. The maximum Gasteiger partial charge on any atom is 0.253 e. The van der Waals surface area contributed by atoms with Crippen molar-refractivity contribution in [3.63, 3.8) is 0 Å². The van der Waals surface area contributed by atoms with Gasteiger partial charge in [-0.15, -0.1) is 0 Å². The van der Waals surface area contributed by atoms with Crippen LogP contribution in [0.5, 0.6) is 0 Å². The molecular formula is C21H24F2N2O2. The molecule has 1 amide bonds. The summed E-state index contributed by atoms with van der Waals surface area (Å²) < 4.78 is 32.7. The van der Waals surface area contributed by atoms with Crippen molar-refractivity contribution in [2.45, 2.75) is 6.92 Å². The van der Waals surface area contributed by atoms with Crippen molar-refractivity contribution in [2.75, 3.05) is 45.9 Å². The van der Waals surface area contributed by atoms with E-state index in [-0.39, 0.29) is 11.5 Å². The molecule has 0 atom stereocenters. The second kappa shape index (κ2) is 9.06. The summed E-state index contributed by atoms with van der Waals surface area (Å²) in [5, 5.41) is 0. The van der Waals surface area contributed by atoms with Crippen molar-refractivity contribution in [1.29, 1.82) is 0 Å². The first kappa shape index (κ1) is 19.5. The van der Waals surface area contributed by atoms with Gasteiger partial charge < -0.3 is 9.64 Å². The highest BCUT2D eigenvalue weighted by molar-refractivity contribution is 5.94. The number of ether oxygens (including phenoxy) is 1. The highest BCUT2D eigenvalue weighted by atomic mass is 19.2. The average molecular weight is 374 g/mol.